The van der Waals surface area contributed by atoms with Crippen LogP contribution in [0.25, 0.3) is 5.69 Å². The zero-order valence-corrected chi connectivity index (χ0v) is 11.3. The number of benzene rings is 1. The van der Waals surface area contributed by atoms with E-state index in [-0.39, 0.29) is 10.9 Å². The molecule has 0 unspecified atom stereocenters. The summed E-state index contributed by atoms with van der Waals surface area (Å²) in [5.41, 5.74) is 1.59. The van der Waals surface area contributed by atoms with Crippen molar-refractivity contribution in [1.29, 1.82) is 0 Å². The van der Waals surface area contributed by atoms with Crippen LogP contribution in [-0.2, 0) is 15.6 Å². The Morgan fingerprint density at radius 2 is 1.95 bits per heavy atom. The second-order valence-corrected chi connectivity index (χ2v) is 6.18. The summed E-state index contributed by atoms with van der Waals surface area (Å²) >= 11 is 0. The van der Waals surface area contributed by atoms with Crippen LogP contribution < -0.4 is 0 Å². The molecule has 1 aromatic carbocycles. The summed E-state index contributed by atoms with van der Waals surface area (Å²) in [7, 11) is -3.43. The van der Waals surface area contributed by atoms with Gasteiger partial charge in [0.05, 0.1) is 11.4 Å². The van der Waals surface area contributed by atoms with Crippen molar-refractivity contribution in [3.05, 3.63) is 60.7 Å². The fraction of sp³-hybridized carbons (Fsp3) is 0.0769. The minimum absolute atomic E-state index is 0.00588. The first kappa shape index (κ1) is 12.6. The number of H-pyrrole nitrogens is 1. The van der Waals surface area contributed by atoms with Crippen molar-refractivity contribution in [3.63, 3.8) is 0 Å². The second-order valence-electron chi connectivity index (χ2n) is 4.27. The van der Waals surface area contributed by atoms with E-state index >= 15 is 0 Å². The molecule has 2 aromatic heterocycles. The number of nitrogens with zero attached hydrogens (tertiary/aromatic N) is 3. The zero-order valence-electron chi connectivity index (χ0n) is 10.5. The predicted molar refractivity (Wildman–Crippen MR) is 73.0 cm³/mol. The van der Waals surface area contributed by atoms with Crippen LogP contribution in [0.1, 0.15) is 5.56 Å². The maximum atomic E-state index is 12.1. The van der Waals surface area contributed by atoms with E-state index in [1.54, 1.807) is 23.0 Å². The number of sulfone groups is 1. The van der Waals surface area contributed by atoms with Gasteiger partial charge in [0.1, 0.15) is 0 Å². The summed E-state index contributed by atoms with van der Waals surface area (Å²) in [4.78, 5) is 6.40. The van der Waals surface area contributed by atoms with E-state index < -0.39 is 9.84 Å². The SMILES string of the molecule is O=S(=O)(Cc1ccc(-n2cccn2)cc1)c1ncc[nH]1. The molecule has 0 amide bonds. The van der Waals surface area contributed by atoms with Crippen molar-refractivity contribution in [2.75, 3.05) is 0 Å². The van der Waals surface area contributed by atoms with Gasteiger partial charge in [-0.1, -0.05) is 12.1 Å². The molecule has 7 heteroatoms. The standard InChI is InChI=1S/C13H12N4O2S/c18-20(19,13-14-7-8-15-13)10-11-2-4-12(5-3-11)17-9-1-6-16-17/h1-9H,10H2,(H,14,15). The molecule has 2 heterocycles. The van der Waals surface area contributed by atoms with E-state index in [0.29, 0.717) is 5.56 Å². The Labute approximate surface area is 116 Å². The number of rotatable bonds is 4. The normalized spacial score (nSPS) is 11.6. The summed E-state index contributed by atoms with van der Waals surface area (Å²) in [6.07, 6.45) is 6.44. The van der Waals surface area contributed by atoms with E-state index in [1.807, 2.05) is 24.4 Å². The second kappa shape index (κ2) is 4.93. The lowest BCUT2D eigenvalue weighted by Crippen LogP contribution is -2.07. The van der Waals surface area contributed by atoms with Gasteiger partial charge in [0.25, 0.3) is 0 Å². The van der Waals surface area contributed by atoms with Crippen LogP contribution in [0.15, 0.2) is 60.3 Å². The molecule has 6 nitrogen and oxygen atoms in total. The summed E-state index contributed by atoms with van der Waals surface area (Å²) in [5, 5.41) is 4.11. The van der Waals surface area contributed by atoms with E-state index in [4.69, 9.17) is 0 Å². The average molecular weight is 288 g/mol. The Morgan fingerprint density at radius 1 is 1.15 bits per heavy atom. The third-order valence-corrected chi connectivity index (χ3v) is 4.36. The van der Waals surface area contributed by atoms with Gasteiger partial charge in [-0.3, -0.25) is 0 Å². The molecule has 1 N–H and O–H groups in total. The Hall–Kier alpha value is -2.41. The van der Waals surface area contributed by atoms with Crippen LogP contribution in [0.3, 0.4) is 0 Å². The number of imidazole rings is 1. The molecule has 0 bridgehead atoms. The Balaban J connectivity index is 1.83. The number of aromatic nitrogens is 4. The fourth-order valence-electron chi connectivity index (χ4n) is 1.88. The largest absolute Gasteiger partial charge is 0.336 e. The van der Waals surface area contributed by atoms with Gasteiger partial charge < -0.3 is 4.98 Å². The van der Waals surface area contributed by atoms with E-state index in [0.717, 1.165) is 5.69 Å². The fourth-order valence-corrected chi connectivity index (χ4v) is 3.11. The predicted octanol–water partition coefficient (Wildman–Crippen LogP) is 1.57. The molecule has 0 aliphatic rings. The van der Waals surface area contributed by atoms with Crippen LogP contribution in [0.4, 0.5) is 0 Å². The van der Waals surface area contributed by atoms with Crippen molar-refractivity contribution in [1.82, 2.24) is 19.7 Å². The Morgan fingerprint density at radius 3 is 2.55 bits per heavy atom. The number of hydrogen-bond acceptors (Lipinski definition) is 4. The molecule has 0 spiro atoms. The van der Waals surface area contributed by atoms with Crippen LogP contribution in [-0.4, -0.2) is 28.2 Å². The van der Waals surface area contributed by atoms with E-state index in [1.165, 1.54) is 12.4 Å². The number of hydrogen-bond donors (Lipinski definition) is 1. The molecule has 0 saturated heterocycles. The van der Waals surface area contributed by atoms with Crippen molar-refractivity contribution < 1.29 is 8.42 Å². The average Bonchev–Trinajstić information content (AvgIpc) is 3.13. The van der Waals surface area contributed by atoms with Crippen molar-refractivity contribution >= 4 is 9.84 Å². The molecule has 0 aliphatic carbocycles. The highest BCUT2D eigenvalue weighted by Gasteiger charge is 2.17. The molecule has 20 heavy (non-hydrogen) atoms. The van der Waals surface area contributed by atoms with Gasteiger partial charge in [0.15, 0.2) is 0 Å². The first-order valence-electron chi connectivity index (χ1n) is 5.96. The molecule has 3 rings (SSSR count). The third-order valence-electron chi connectivity index (χ3n) is 2.83. The monoisotopic (exact) mass is 288 g/mol. The summed E-state index contributed by atoms with van der Waals surface area (Å²) in [6.45, 7) is 0. The van der Waals surface area contributed by atoms with Gasteiger partial charge in [-0.05, 0) is 23.8 Å². The molecule has 0 fully saturated rings. The topological polar surface area (TPSA) is 80.6 Å². The smallest absolute Gasteiger partial charge is 0.225 e. The minimum atomic E-state index is -3.43. The van der Waals surface area contributed by atoms with Crippen molar-refractivity contribution in [2.45, 2.75) is 10.9 Å². The van der Waals surface area contributed by atoms with Gasteiger partial charge in [0, 0.05) is 24.8 Å². The van der Waals surface area contributed by atoms with Crippen LogP contribution in [0.5, 0.6) is 0 Å². The lowest BCUT2D eigenvalue weighted by molar-refractivity contribution is 0.588. The highest BCUT2D eigenvalue weighted by atomic mass is 32.2. The lowest BCUT2D eigenvalue weighted by Gasteiger charge is -2.04. The minimum Gasteiger partial charge on any atom is -0.336 e. The summed E-state index contributed by atoms with van der Waals surface area (Å²) < 4.78 is 25.8. The third kappa shape index (κ3) is 2.48. The quantitative estimate of drug-likeness (QED) is 0.790. The summed E-state index contributed by atoms with van der Waals surface area (Å²) in [5.74, 6) is -0.0834. The van der Waals surface area contributed by atoms with Gasteiger partial charge in [-0.25, -0.2) is 18.1 Å². The lowest BCUT2D eigenvalue weighted by atomic mass is 10.2. The van der Waals surface area contributed by atoms with Gasteiger partial charge >= 0.3 is 0 Å². The van der Waals surface area contributed by atoms with E-state index in [2.05, 4.69) is 15.1 Å². The molecular weight excluding hydrogens is 276 g/mol. The maximum Gasteiger partial charge on any atom is 0.225 e. The van der Waals surface area contributed by atoms with Gasteiger partial charge in [0.2, 0.25) is 15.0 Å². The molecule has 102 valence electrons. The molecule has 0 saturated carbocycles. The van der Waals surface area contributed by atoms with Crippen molar-refractivity contribution in [2.24, 2.45) is 0 Å². The number of aromatic amines is 1. The first-order chi connectivity index (χ1) is 9.65. The van der Waals surface area contributed by atoms with Crippen LogP contribution in [0.2, 0.25) is 0 Å². The van der Waals surface area contributed by atoms with Crippen molar-refractivity contribution in [3.8, 4) is 5.69 Å². The first-order valence-corrected chi connectivity index (χ1v) is 7.61. The molecule has 3 aromatic rings. The summed E-state index contributed by atoms with van der Waals surface area (Å²) in [6, 6.07) is 9.05. The van der Waals surface area contributed by atoms with Crippen LogP contribution in [0, 0.1) is 0 Å². The van der Waals surface area contributed by atoms with E-state index in [9.17, 15) is 8.42 Å². The molecule has 0 aliphatic heterocycles. The van der Waals surface area contributed by atoms with Gasteiger partial charge in [-0.2, -0.15) is 5.10 Å². The maximum absolute atomic E-state index is 12.1. The van der Waals surface area contributed by atoms with Crippen LogP contribution >= 0.6 is 0 Å². The molecule has 0 radical (unpaired) electrons. The van der Waals surface area contributed by atoms with Gasteiger partial charge in [-0.15, -0.1) is 0 Å². The highest BCUT2D eigenvalue weighted by molar-refractivity contribution is 7.90. The Bertz CT molecular complexity index is 776. The molecule has 0 atom stereocenters. The number of nitrogens with one attached hydrogen (secondary N) is 1. The Kier molecular flexibility index (Phi) is 3.11. The molecular formula is C13H12N4O2S. The highest BCUT2D eigenvalue weighted by Crippen LogP contribution is 2.14. The zero-order chi connectivity index (χ0) is 14.0.